The number of benzene rings is 2. The molecule has 0 saturated carbocycles. The topological polar surface area (TPSA) is 74.3 Å². The van der Waals surface area contributed by atoms with E-state index in [4.69, 9.17) is 0 Å². The van der Waals surface area contributed by atoms with Crippen LogP contribution in [-0.4, -0.2) is 43.9 Å². The van der Waals surface area contributed by atoms with Crippen LogP contribution >= 0.6 is 0 Å². The van der Waals surface area contributed by atoms with Crippen molar-refractivity contribution in [1.82, 2.24) is 14.6 Å². The number of fused-ring (bicyclic) bond motifs is 1. The van der Waals surface area contributed by atoms with E-state index in [9.17, 15) is 21.6 Å². The summed E-state index contributed by atoms with van der Waals surface area (Å²) in [6, 6.07) is 11.3. The lowest BCUT2D eigenvalue weighted by Gasteiger charge is -2.26. The van der Waals surface area contributed by atoms with Gasteiger partial charge >= 0.3 is 6.18 Å². The normalized spacial score (nSPS) is 16.0. The van der Waals surface area contributed by atoms with E-state index >= 15 is 0 Å². The highest BCUT2D eigenvalue weighted by Gasteiger charge is 2.30. The zero-order valence-electron chi connectivity index (χ0n) is 15.8. The van der Waals surface area contributed by atoms with Crippen molar-refractivity contribution >= 4 is 32.3 Å². The van der Waals surface area contributed by atoms with Crippen LogP contribution in [0.25, 0.3) is 10.9 Å². The third-order valence-electron chi connectivity index (χ3n) is 4.92. The number of piperazine rings is 1. The maximum atomic E-state index is 12.9. The first kappa shape index (κ1) is 20.6. The van der Waals surface area contributed by atoms with Crippen molar-refractivity contribution in [3.8, 4) is 0 Å². The van der Waals surface area contributed by atoms with E-state index in [1.165, 1.54) is 28.7 Å². The molecule has 4 rings (SSSR count). The van der Waals surface area contributed by atoms with Gasteiger partial charge < -0.3 is 10.6 Å². The van der Waals surface area contributed by atoms with Crippen LogP contribution in [0.4, 0.5) is 24.5 Å². The molecule has 1 saturated heterocycles. The maximum absolute atomic E-state index is 12.9. The Morgan fingerprint density at radius 1 is 1.00 bits per heavy atom. The molecule has 2 N–H and O–H groups in total. The maximum Gasteiger partial charge on any atom is 0.416 e. The van der Waals surface area contributed by atoms with E-state index in [0.717, 1.165) is 12.1 Å². The summed E-state index contributed by atoms with van der Waals surface area (Å²) < 4.78 is 65.7. The molecule has 1 aliphatic heterocycles. The van der Waals surface area contributed by atoms with Crippen LogP contribution in [0.1, 0.15) is 5.56 Å². The Bertz CT molecular complexity index is 1160. The van der Waals surface area contributed by atoms with Gasteiger partial charge in [-0.25, -0.2) is 8.42 Å². The molecular formula is C20H19F3N4O2S. The molecule has 0 atom stereocenters. The lowest BCUT2D eigenvalue weighted by Crippen LogP contribution is -2.46. The predicted octanol–water partition coefficient (Wildman–Crippen LogP) is 3.59. The van der Waals surface area contributed by atoms with Crippen LogP contribution in [0.5, 0.6) is 0 Å². The van der Waals surface area contributed by atoms with Crippen molar-refractivity contribution in [3.05, 3.63) is 60.3 Å². The Balaban J connectivity index is 1.58. The van der Waals surface area contributed by atoms with E-state index in [1.807, 2.05) is 0 Å². The highest BCUT2D eigenvalue weighted by atomic mass is 32.2. The standard InChI is InChI=1S/C20H19F3N4O2S/c21-20(22,23)14-1-6-17-18(7-8-25-19(17)13-14)26-15-2-4-16(5-3-15)30(28,29)27-11-9-24-10-12-27/h1-8,13,24H,9-12H2,(H,25,26). The summed E-state index contributed by atoms with van der Waals surface area (Å²) in [7, 11) is -3.56. The molecule has 0 radical (unpaired) electrons. The molecule has 1 aromatic heterocycles. The van der Waals surface area contributed by atoms with Crippen LogP contribution < -0.4 is 10.6 Å². The fraction of sp³-hybridized carbons (Fsp3) is 0.250. The number of nitrogens with one attached hydrogen (secondary N) is 2. The van der Waals surface area contributed by atoms with Gasteiger partial charge in [0.15, 0.2) is 0 Å². The monoisotopic (exact) mass is 436 g/mol. The number of hydrogen-bond acceptors (Lipinski definition) is 5. The second-order valence-corrected chi connectivity index (χ2v) is 8.83. The molecule has 30 heavy (non-hydrogen) atoms. The lowest BCUT2D eigenvalue weighted by atomic mass is 10.1. The first-order chi connectivity index (χ1) is 14.2. The molecule has 0 spiro atoms. The number of halogens is 3. The quantitative estimate of drug-likeness (QED) is 0.654. The number of sulfonamides is 1. The molecule has 0 unspecified atom stereocenters. The largest absolute Gasteiger partial charge is 0.416 e. The van der Waals surface area contributed by atoms with E-state index in [0.29, 0.717) is 42.9 Å². The second kappa shape index (κ2) is 7.86. The van der Waals surface area contributed by atoms with Crippen molar-refractivity contribution in [2.45, 2.75) is 11.1 Å². The van der Waals surface area contributed by atoms with Gasteiger partial charge in [-0.3, -0.25) is 4.98 Å². The van der Waals surface area contributed by atoms with Gasteiger partial charge in [0, 0.05) is 49.1 Å². The molecule has 0 amide bonds. The van der Waals surface area contributed by atoms with Crippen molar-refractivity contribution in [2.75, 3.05) is 31.5 Å². The van der Waals surface area contributed by atoms with Crippen LogP contribution in [-0.2, 0) is 16.2 Å². The SMILES string of the molecule is O=S(=O)(c1ccc(Nc2ccnc3cc(C(F)(F)F)ccc23)cc1)N1CCNCC1. The van der Waals surface area contributed by atoms with Crippen LogP contribution in [0, 0.1) is 0 Å². The van der Waals surface area contributed by atoms with Gasteiger partial charge in [0.25, 0.3) is 0 Å². The Labute approximate surface area is 171 Å². The van der Waals surface area contributed by atoms with Crippen LogP contribution in [0.2, 0.25) is 0 Å². The zero-order valence-corrected chi connectivity index (χ0v) is 16.6. The third-order valence-corrected chi connectivity index (χ3v) is 6.83. The number of nitrogens with zero attached hydrogens (tertiary/aromatic N) is 2. The van der Waals surface area contributed by atoms with Gasteiger partial charge in [-0.05, 0) is 42.5 Å². The Morgan fingerprint density at radius 3 is 2.37 bits per heavy atom. The molecule has 3 aromatic rings. The van der Waals surface area contributed by atoms with E-state index in [1.54, 1.807) is 18.2 Å². The average molecular weight is 436 g/mol. The van der Waals surface area contributed by atoms with Crippen LogP contribution in [0.3, 0.4) is 0 Å². The minimum absolute atomic E-state index is 0.198. The third kappa shape index (κ3) is 4.11. The summed E-state index contributed by atoms with van der Waals surface area (Å²) in [5.74, 6) is 0. The Hall–Kier alpha value is -2.69. The minimum atomic E-state index is -4.44. The number of pyridine rings is 1. The summed E-state index contributed by atoms with van der Waals surface area (Å²) in [5.41, 5.74) is 0.642. The van der Waals surface area contributed by atoms with Gasteiger partial charge in [0.1, 0.15) is 0 Å². The van der Waals surface area contributed by atoms with E-state index < -0.39 is 21.8 Å². The first-order valence-corrected chi connectivity index (χ1v) is 10.7. The van der Waals surface area contributed by atoms with Gasteiger partial charge in [-0.1, -0.05) is 6.07 Å². The molecular weight excluding hydrogens is 417 g/mol. The summed E-state index contributed by atoms with van der Waals surface area (Å²) in [4.78, 5) is 4.22. The molecule has 2 heterocycles. The molecule has 0 aliphatic carbocycles. The highest BCUT2D eigenvalue weighted by Crippen LogP contribution is 2.33. The zero-order chi connectivity index (χ0) is 21.4. The fourth-order valence-electron chi connectivity index (χ4n) is 3.33. The summed E-state index contributed by atoms with van der Waals surface area (Å²) in [6.45, 7) is 2.07. The Morgan fingerprint density at radius 2 is 1.70 bits per heavy atom. The number of alkyl halides is 3. The summed E-state index contributed by atoms with van der Waals surface area (Å²) in [5, 5.41) is 6.77. The van der Waals surface area contributed by atoms with Crippen molar-refractivity contribution < 1.29 is 21.6 Å². The molecule has 158 valence electrons. The second-order valence-electron chi connectivity index (χ2n) is 6.89. The number of anilines is 2. The summed E-state index contributed by atoms with van der Waals surface area (Å²) >= 11 is 0. The first-order valence-electron chi connectivity index (χ1n) is 9.29. The number of hydrogen-bond donors (Lipinski definition) is 2. The summed E-state index contributed by atoms with van der Waals surface area (Å²) in [6.07, 6.45) is -3.01. The van der Waals surface area contributed by atoms with Crippen LogP contribution in [0.15, 0.2) is 59.6 Å². The van der Waals surface area contributed by atoms with Crippen molar-refractivity contribution in [2.24, 2.45) is 0 Å². The van der Waals surface area contributed by atoms with E-state index in [-0.39, 0.29) is 10.4 Å². The molecule has 6 nitrogen and oxygen atoms in total. The molecule has 2 aromatic carbocycles. The average Bonchev–Trinajstić information content (AvgIpc) is 2.74. The van der Waals surface area contributed by atoms with Crippen molar-refractivity contribution in [1.29, 1.82) is 0 Å². The number of rotatable bonds is 4. The smallest absolute Gasteiger partial charge is 0.355 e. The van der Waals surface area contributed by atoms with Crippen molar-refractivity contribution in [3.63, 3.8) is 0 Å². The molecule has 0 bridgehead atoms. The molecule has 10 heteroatoms. The highest BCUT2D eigenvalue weighted by molar-refractivity contribution is 7.89. The molecule has 1 aliphatic rings. The predicted molar refractivity (Wildman–Crippen MR) is 108 cm³/mol. The molecule has 1 fully saturated rings. The Kier molecular flexibility index (Phi) is 5.39. The van der Waals surface area contributed by atoms with Gasteiger partial charge in [-0.15, -0.1) is 0 Å². The van der Waals surface area contributed by atoms with E-state index in [2.05, 4.69) is 15.6 Å². The fourth-order valence-corrected chi connectivity index (χ4v) is 4.77. The van der Waals surface area contributed by atoms with Gasteiger partial charge in [0.05, 0.1) is 16.0 Å². The van der Waals surface area contributed by atoms with Gasteiger partial charge in [0.2, 0.25) is 10.0 Å². The lowest BCUT2D eigenvalue weighted by molar-refractivity contribution is -0.137. The minimum Gasteiger partial charge on any atom is -0.355 e. The number of aromatic nitrogens is 1. The van der Waals surface area contributed by atoms with Gasteiger partial charge in [-0.2, -0.15) is 17.5 Å².